The van der Waals surface area contributed by atoms with E-state index in [1.165, 1.54) is 94.7 Å². The number of carbonyl (C=O) groups is 1. The van der Waals surface area contributed by atoms with Crippen LogP contribution in [0.5, 0.6) is 11.5 Å². The fraction of sp³-hybridized carbons (Fsp3) is 0.595. The highest BCUT2D eigenvalue weighted by Gasteiger charge is 2.28. The lowest BCUT2D eigenvalue weighted by Gasteiger charge is -2.34. The molecule has 0 spiro atoms. The Morgan fingerprint density at radius 3 is 2.17 bits per heavy atom. The van der Waals surface area contributed by atoms with Crippen LogP contribution < -0.4 is 9.47 Å². The molecule has 2 aromatic carbocycles. The molecule has 0 bridgehead atoms. The van der Waals surface area contributed by atoms with Gasteiger partial charge in [-0.05, 0) is 73.3 Å². The van der Waals surface area contributed by atoms with E-state index in [9.17, 15) is 13.6 Å². The number of unbranched alkanes of at least 4 members (excludes halogenated alkanes) is 8. The Labute approximate surface area is 253 Å². The summed E-state index contributed by atoms with van der Waals surface area (Å²) in [5, 5.41) is 0. The number of allylic oxidation sites excluding steroid dienone is 1. The van der Waals surface area contributed by atoms with Crippen molar-refractivity contribution in [3.63, 3.8) is 0 Å². The minimum Gasteiger partial charge on any atom is -0.490 e. The molecule has 1 aliphatic carbocycles. The van der Waals surface area contributed by atoms with Crippen molar-refractivity contribution in [3.05, 3.63) is 71.8 Å². The molecule has 3 rings (SSSR count). The molecule has 0 amide bonds. The summed E-state index contributed by atoms with van der Waals surface area (Å²) < 4.78 is 40.3. The van der Waals surface area contributed by atoms with Crippen LogP contribution in [0.15, 0.2) is 49.1 Å². The van der Waals surface area contributed by atoms with Gasteiger partial charge in [-0.2, -0.15) is 4.39 Å². The highest BCUT2D eigenvalue weighted by Crippen LogP contribution is 2.42. The summed E-state index contributed by atoms with van der Waals surface area (Å²) in [6.45, 7) is 8.74. The number of esters is 1. The number of benzene rings is 2. The molecule has 1 fully saturated rings. The molecule has 1 unspecified atom stereocenters. The van der Waals surface area contributed by atoms with Gasteiger partial charge in [0, 0.05) is 0 Å². The first kappa shape index (κ1) is 33.8. The first-order valence-electron chi connectivity index (χ1n) is 16.5. The summed E-state index contributed by atoms with van der Waals surface area (Å²) >= 11 is 0. The molecule has 42 heavy (non-hydrogen) atoms. The summed E-state index contributed by atoms with van der Waals surface area (Å²) in [4.78, 5) is 12.7. The van der Waals surface area contributed by atoms with E-state index in [2.05, 4.69) is 20.4 Å². The van der Waals surface area contributed by atoms with E-state index in [4.69, 9.17) is 9.47 Å². The maximum absolute atomic E-state index is 14.8. The Hall–Kier alpha value is -2.69. The van der Waals surface area contributed by atoms with Gasteiger partial charge in [-0.3, -0.25) is 0 Å². The van der Waals surface area contributed by atoms with Crippen molar-refractivity contribution in [1.82, 2.24) is 0 Å². The SMILES string of the molecule is C=CCC(c1ccc(OC(=O)c2ccc(OCCCCCCCCC)c(F)c2F)cc1)C1CCC(CCCCC)CC1. The molecule has 0 aliphatic heterocycles. The summed E-state index contributed by atoms with van der Waals surface area (Å²) in [6.07, 6.45) is 21.0. The topological polar surface area (TPSA) is 35.5 Å². The van der Waals surface area contributed by atoms with Crippen LogP contribution in [-0.2, 0) is 0 Å². The van der Waals surface area contributed by atoms with Crippen LogP contribution in [0.2, 0.25) is 0 Å². The molecular weight excluding hydrogens is 530 g/mol. The second-order valence-corrected chi connectivity index (χ2v) is 12.1. The van der Waals surface area contributed by atoms with Crippen LogP contribution >= 0.6 is 0 Å². The van der Waals surface area contributed by atoms with Gasteiger partial charge in [0.05, 0.1) is 12.2 Å². The van der Waals surface area contributed by atoms with Gasteiger partial charge < -0.3 is 9.47 Å². The largest absolute Gasteiger partial charge is 0.490 e. The fourth-order valence-corrected chi connectivity index (χ4v) is 6.33. The van der Waals surface area contributed by atoms with Gasteiger partial charge in [-0.15, -0.1) is 6.58 Å². The minimum atomic E-state index is -1.25. The third-order valence-electron chi connectivity index (χ3n) is 8.89. The molecule has 0 saturated heterocycles. The van der Waals surface area contributed by atoms with Gasteiger partial charge >= 0.3 is 5.97 Å². The van der Waals surface area contributed by atoms with Crippen molar-refractivity contribution in [2.24, 2.45) is 11.8 Å². The maximum Gasteiger partial charge on any atom is 0.346 e. The van der Waals surface area contributed by atoms with E-state index in [-0.39, 0.29) is 5.75 Å². The van der Waals surface area contributed by atoms with Crippen molar-refractivity contribution >= 4 is 5.97 Å². The van der Waals surface area contributed by atoms with Crippen LogP contribution in [0, 0.1) is 23.5 Å². The highest BCUT2D eigenvalue weighted by molar-refractivity contribution is 5.91. The lowest BCUT2D eigenvalue weighted by Crippen LogP contribution is -2.20. The Kier molecular flexibility index (Phi) is 15.1. The molecule has 232 valence electrons. The monoisotopic (exact) mass is 582 g/mol. The molecule has 0 radical (unpaired) electrons. The highest BCUT2D eigenvalue weighted by atomic mass is 19.2. The first-order valence-corrected chi connectivity index (χ1v) is 16.5. The van der Waals surface area contributed by atoms with Crippen molar-refractivity contribution in [1.29, 1.82) is 0 Å². The van der Waals surface area contributed by atoms with E-state index in [1.807, 2.05) is 18.2 Å². The van der Waals surface area contributed by atoms with E-state index in [0.29, 0.717) is 24.2 Å². The Morgan fingerprint density at radius 2 is 1.50 bits per heavy atom. The maximum atomic E-state index is 14.8. The molecular formula is C37H52F2O3. The molecule has 2 aromatic rings. The van der Waals surface area contributed by atoms with Gasteiger partial charge in [0.2, 0.25) is 5.82 Å². The number of hydrogen-bond donors (Lipinski definition) is 0. The molecule has 0 aromatic heterocycles. The van der Waals surface area contributed by atoms with Crippen LogP contribution in [-0.4, -0.2) is 12.6 Å². The van der Waals surface area contributed by atoms with Crippen molar-refractivity contribution in [2.45, 2.75) is 122 Å². The molecule has 1 atom stereocenters. The third kappa shape index (κ3) is 10.5. The van der Waals surface area contributed by atoms with Gasteiger partial charge in [0.15, 0.2) is 11.6 Å². The van der Waals surface area contributed by atoms with E-state index in [0.717, 1.165) is 31.6 Å². The second kappa shape index (κ2) is 18.8. The van der Waals surface area contributed by atoms with E-state index in [1.54, 1.807) is 12.1 Å². The number of halogens is 2. The number of hydrogen-bond acceptors (Lipinski definition) is 3. The van der Waals surface area contributed by atoms with Crippen LogP contribution in [0.1, 0.15) is 138 Å². The average Bonchev–Trinajstić information content (AvgIpc) is 3.00. The van der Waals surface area contributed by atoms with Gasteiger partial charge in [0.1, 0.15) is 5.75 Å². The second-order valence-electron chi connectivity index (χ2n) is 12.1. The zero-order valence-electron chi connectivity index (χ0n) is 26.0. The number of carbonyl (C=O) groups excluding carboxylic acids is 1. The van der Waals surface area contributed by atoms with Crippen molar-refractivity contribution in [2.75, 3.05) is 6.61 Å². The lowest BCUT2D eigenvalue weighted by atomic mass is 9.71. The van der Waals surface area contributed by atoms with Gasteiger partial charge in [-0.25, -0.2) is 9.18 Å². The smallest absolute Gasteiger partial charge is 0.346 e. The molecule has 0 N–H and O–H groups in total. The zero-order chi connectivity index (χ0) is 30.2. The Bertz CT molecular complexity index is 1070. The van der Waals surface area contributed by atoms with Crippen molar-refractivity contribution in [3.8, 4) is 11.5 Å². The Balaban J connectivity index is 1.52. The summed E-state index contributed by atoms with van der Waals surface area (Å²) in [5.74, 6) is -1.36. The van der Waals surface area contributed by atoms with E-state index < -0.39 is 23.2 Å². The average molecular weight is 583 g/mol. The van der Waals surface area contributed by atoms with Gasteiger partial charge in [-0.1, -0.05) is 109 Å². The van der Waals surface area contributed by atoms with Crippen molar-refractivity contribution < 1.29 is 23.0 Å². The predicted molar refractivity (Wildman–Crippen MR) is 168 cm³/mol. The number of rotatable bonds is 19. The summed E-state index contributed by atoms with van der Waals surface area (Å²) in [7, 11) is 0. The Morgan fingerprint density at radius 1 is 0.857 bits per heavy atom. The minimum absolute atomic E-state index is 0.178. The molecule has 1 saturated carbocycles. The standard InChI is InChI=1S/C37H52F2O3/c1-4-7-9-10-11-12-14-27-41-34-26-25-33(35(38)36(34)39)37(40)42-31-23-21-30(22-24-31)32(15-6-3)29-19-17-28(18-20-29)16-13-8-5-2/h6,21-26,28-29,32H,3-5,7-20,27H2,1-2H3. The molecule has 0 heterocycles. The quantitative estimate of drug-likeness (QED) is 0.0715. The first-order chi connectivity index (χ1) is 20.5. The predicted octanol–water partition coefficient (Wildman–Crippen LogP) is 11.4. The van der Waals surface area contributed by atoms with E-state index >= 15 is 0 Å². The van der Waals surface area contributed by atoms with Crippen LogP contribution in [0.4, 0.5) is 8.78 Å². The number of ether oxygens (including phenoxy) is 2. The normalized spacial score (nSPS) is 17.5. The third-order valence-corrected chi connectivity index (χ3v) is 8.89. The zero-order valence-corrected chi connectivity index (χ0v) is 26.0. The lowest BCUT2D eigenvalue weighted by molar-refractivity contribution is 0.0728. The molecule has 5 heteroatoms. The summed E-state index contributed by atoms with van der Waals surface area (Å²) in [5.41, 5.74) is 0.754. The molecule has 1 aliphatic rings. The van der Waals surface area contributed by atoms with Crippen LogP contribution in [0.3, 0.4) is 0 Å². The van der Waals surface area contributed by atoms with Crippen LogP contribution in [0.25, 0.3) is 0 Å². The summed E-state index contributed by atoms with van der Waals surface area (Å²) in [6, 6.07) is 10.00. The van der Waals surface area contributed by atoms with Gasteiger partial charge in [0.25, 0.3) is 0 Å². The fourth-order valence-electron chi connectivity index (χ4n) is 6.33. The molecule has 3 nitrogen and oxygen atoms in total.